The van der Waals surface area contributed by atoms with Gasteiger partial charge < -0.3 is 19.9 Å². The average Bonchev–Trinajstić information content (AvgIpc) is 2.59. The zero-order valence-electron chi connectivity index (χ0n) is 12.8. The van der Waals surface area contributed by atoms with Crippen molar-refractivity contribution in [2.24, 2.45) is 0 Å². The maximum Gasteiger partial charge on any atom is 0.312 e. The summed E-state index contributed by atoms with van der Waals surface area (Å²) in [5.41, 5.74) is 0. The van der Waals surface area contributed by atoms with E-state index in [0.717, 1.165) is 5.82 Å². The molecule has 0 radical (unpaired) electrons. The largest absolute Gasteiger partial charge is 0.385 e. The molecule has 0 aliphatic carbocycles. The molecule has 0 unspecified atom stereocenters. The van der Waals surface area contributed by atoms with Crippen LogP contribution in [-0.4, -0.2) is 68.1 Å². The smallest absolute Gasteiger partial charge is 0.312 e. The van der Waals surface area contributed by atoms with E-state index in [1.165, 1.54) is 0 Å². The lowest BCUT2D eigenvalue weighted by Gasteiger charge is -2.34. The van der Waals surface area contributed by atoms with E-state index >= 15 is 0 Å². The van der Waals surface area contributed by atoms with Gasteiger partial charge in [0, 0.05) is 52.6 Å². The number of pyridine rings is 1. The highest BCUT2D eigenvalue weighted by Gasteiger charge is 2.26. The molecule has 22 heavy (non-hydrogen) atoms. The van der Waals surface area contributed by atoms with Gasteiger partial charge in [-0.3, -0.25) is 9.59 Å². The number of amides is 2. The predicted octanol–water partition coefficient (Wildman–Crippen LogP) is -0.117. The summed E-state index contributed by atoms with van der Waals surface area (Å²) in [5.74, 6) is -0.0981. The number of nitrogens with one attached hydrogen (secondary N) is 1. The normalized spacial score (nSPS) is 14.8. The Bertz CT molecular complexity index is 487. The number of methoxy groups -OCH3 is 1. The van der Waals surface area contributed by atoms with Crippen molar-refractivity contribution in [2.45, 2.75) is 6.42 Å². The van der Waals surface area contributed by atoms with Crippen molar-refractivity contribution in [2.75, 3.05) is 51.3 Å². The number of piperazine rings is 1. The summed E-state index contributed by atoms with van der Waals surface area (Å²) in [7, 11) is 1.61. The number of anilines is 1. The van der Waals surface area contributed by atoms with Crippen LogP contribution >= 0.6 is 0 Å². The molecule has 7 nitrogen and oxygen atoms in total. The first kappa shape index (κ1) is 16.2. The Hall–Kier alpha value is -2.15. The Morgan fingerprint density at radius 3 is 2.68 bits per heavy atom. The van der Waals surface area contributed by atoms with E-state index in [-0.39, 0.29) is 0 Å². The highest BCUT2D eigenvalue weighted by molar-refractivity contribution is 6.35. The number of rotatable bonds is 5. The van der Waals surface area contributed by atoms with E-state index in [0.29, 0.717) is 45.8 Å². The van der Waals surface area contributed by atoms with E-state index in [9.17, 15) is 9.59 Å². The van der Waals surface area contributed by atoms with Gasteiger partial charge in [-0.25, -0.2) is 4.98 Å². The molecule has 1 aliphatic rings. The summed E-state index contributed by atoms with van der Waals surface area (Å²) in [6.07, 6.45) is 2.45. The molecule has 0 saturated carbocycles. The molecular formula is C15H22N4O3. The van der Waals surface area contributed by atoms with Crippen LogP contribution in [-0.2, 0) is 14.3 Å². The maximum atomic E-state index is 12.1. The lowest BCUT2D eigenvalue weighted by Crippen LogP contribution is -2.53. The van der Waals surface area contributed by atoms with Gasteiger partial charge in [-0.15, -0.1) is 0 Å². The molecule has 2 rings (SSSR count). The Morgan fingerprint density at radius 2 is 2.05 bits per heavy atom. The highest BCUT2D eigenvalue weighted by atomic mass is 16.5. The zero-order valence-corrected chi connectivity index (χ0v) is 12.8. The minimum absolute atomic E-state index is 0.451. The lowest BCUT2D eigenvalue weighted by atomic mass is 10.3. The van der Waals surface area contributed by atoms with Gasteiger partial charge >= 0.3 is 11.8 Å². The van der Waals surface area contributed by atoms with Gasteiger partial charge in [0.15, 0.2) is 0 Å². The van der Waals surface area contributed by atoms with E-state index in [1.807, 2.05) is 18.2 Å². The zero-order chi connectivity index (χ0) is 15.8. The predicted molar refractivity (Wildman–Crippen MR) is 82.5 cm³/mol. The molecule has 1 fully saturated rings. The number of ether oxygens (including phenoxy) is 1. The molecule has 0 bridgehead atoms. The molecule has 0 atom stereocenters. The minimum Gasteiger partial charge on any atom is -0.385 e. The van der Waals surface area contributed by atoms with Gasteiger partial charge in [-0.2, -0.15) is 0 Å². The van der Waals surface area contributed by atoms with Gasteiger partial charge in [0.1, 0.15) is 5.82 Å². The molecule has 1 N–H and O–H groups in total. The van der Waals surface area contributed by atoms with Crippen LogP contribution in [0.1, 0.15) is 6.42 Å². The molecule has 7 heteroatoms. The number of carbonyl (C=O) groups is 2. The number of nitrogens with zero attached hydrogens (tertiary/aromatic N) is 3. The van der Waals surface area contributed by atoms with Crippen molar-refractivity contribution < 1.29 is 14.3 Å². The number of hydrogen-bond acceptors (Lipinski definition) is 5. The molecule has 0 spiro atoms. The average molecular weight is 306 g/mol. The summed E-state index contributed by atoms with van der Waals surface area (Å²) < 4.78 is 4.90. The summed E-state index contributed by atoms with van der Waals surface area (Å²) in [4.78, 5) is 31.8. The molecule has 0 aromatic carbocycles. The van der Waals surface area contributed by atoms with Crippen molar-refractivity contribution in [1.29, 1.82) is 0 Å². The van der Waals surface area contributed by atoms with E-state index in [4.69, 9.17) is 4.74 Å². The fraction of sp³-hybridized carbons (Fsp3) is 0.533. The molecule has 1 aromatic rings. The molecule has 2 amide bonds. The molecule has 1 saturated heterocycles. The second-order valence-corrected chi connectivity index (χ2v) is 5.07. The lowest BCUT2D eigenvalue weighted by molar-refractivity contribution is -0.146. The third-order valence-corrected chi connectivity index (χ3v) is 3.55. The van der Waals surface area contributed by atoms with Gasteiger partial charge in [0.05, 0.1) is 0 Å². The first-order valence-electron chi connectivity index (χ1n) is 7.44. The van der Waals surface area contributed by atoms with Gasteiger partial charge in [-0.1, -0.05) is 6.07 Å². The quantitative estimate of drug-likeness (QED) is 0.606. The van der Waals surface area contributed by atoms with Crippen LogP contribution in [0.5, 0.6) is 0 Å². The van der Waals surface area contributed by atoms with Gasteiger partial charge in [-0.05, 0) is 18.6 Å². The van der Waals surface area contributed by atoms with Crippen LogP contribution < -0.4 is 10.2 Å². The van der Waals surface area contributed by atoms with Crippen molar-refractivity contribution in [3.8, 4) is 0 Å². The van der Waals surface area contributed by atoms with Gasteiger partial charge in [0.25, 0.3) is 0 Å². The Morgan fingerprint density at radius 1 is 1.27 bits per heavy atom. The van der Waals surface area contributed by atoms with E-state index in [1.54, 1.807) is 18.2 Å². The Kier molecular flexibility index (Phi) is 6.14. The standard InChI is InChI=1S/C15H22N4O3/c1-22-12-4-7-17-14(20)15(21)19-10-8-18(9-11-19)13-5-2-3-6-16-13/h2-3,5-6H,4,7-12H2,1H3,(H,17,20). The summed E-state index contributed by atoms with van der Waals surface area (Å²) >= 11 is 0. The fourth-order valence-corrected chi connectivity index (χ4v) is 2.32. The summed E-state index contributed by atoms with van der Waals surface area (Å²) in [6, 6.07) is 5.75. The van der Waals surface area contributed by atoms with Crippen LogP contribution in [0.25, 0.3) is 0 Å². The minimum atomic E-state index is -0.539. The third kappa shape index (κ3) is 4.42. The molecular weight excluding hydrogens is 284 g/mol. The van der Waals surface area contributed by atoms with Gasteiger partial charge in [0.2, 0.25) is 0 Å². The monoisotopic (exact) mass is 306 g/mol. The Labute approximate surface area is 130 Å². The second kappa shape index (κ2) is 8.33. The van der Waals surface area contributed by atoms with Crippen molar-refractivity contribution in [1.82, 2.24) is 15.2 Å². The van der Waals surface area contributed by atoms with Crippen molar-refractivity contribution >= 4 is 17.6 Å². The first-order chi connectivity index (χ1) is 10.7. The second-order valence-electron chi connectivity index (χ2n) is 5.07. The van der Waals surface area contributed by atoms with Crippen LogP contribution in [0, 0.1) is 0 Å². The molecule has 1 aliphatic heterocycles. The number of aromatic nitrogens is 1. The van der Waals surface area contributed by atoms with E-state index < -0.39 is 11.8 Å². The van der Waals surface area contributed by atoms with E-state index in [2.05, 4.69) is 15.2 Å². The molecule has 2 heterocycles. The number of hydrogen-bond donors (Lipinski definition) is 1. The van der Waals surface area contributed by atoms with Crippen LogP contribution in [0.2, 0.25) is 0 Å². The highest BCUT2D eigenvalue weighted by Crippen LogP contribution is 2.12. The SMILES string of the molecule is COCCCNC(=O)C(=O)N1CCN(c2ccccn2)CC1. The third-order valence-electron chi connectivity index (χ3n) is 3.55. The summed E-state index contributed by atoms with van der Waals surface area (Å²) in [5, 5.41) is 2.62. The molecule has 1 aromatic heterocycles. The van der Waals surface area contributed by atoms with Crippen molar-refractivity contribution in [3.63, 3.8) is 0 Å². The fourth-order valence-electron chi connectivity index (χ4n) is 2.32. The van der Waals surface area contributed by atoms with Crippen LogP contribution in [0.15, 0.2) is 24.4 Å². The van der Waals surface area contributed by atoms with Crippen LogP contribution in [0.3, 0.4) is 0 Å². The maximum absolute atomic E-state index is 12.1. The van der Waals surface area contributed by atoms with Crippen molar-refractivity contribution in [3.05, 3.63) is 24.4 Å². The topological polar surface area (TPSA) is 74.8 Å². The summed E-state index contributed by atoms with van der Waals surface area (Å²) in [6.45, 7) is 3.44. The first-order valence-corrected chi connectivity index (χ1v) is 7.44. The Balaban J connectivity index is 1.76. The molecule has 120 valence electrons. The van der Waals surface area contributed by atoms with Crippen LogP contribution in [0.4, 0.5) is 5.82 Å². The number of carbonyl (C=O) groups excluding carboxylic acids is 2.